The average Bonchev–Trinajstić information content (AvgIpc) is 3.10. The quantitative estimate of drug-likeness (QED) is 0.833. The molecule has 3 heterocycles. The van der Waals surface area contributed by atoms with Gasteiger partial charge in [-0.05, 0) is 43.7 Å². The van der Waals surface area contributed by atoms with Gasteiger partial charge in [-0.3, -0.25) is 9.78 Å². The predicted octanol–water partition coefficient (Wildman–Crippen LogP) is 1.90. The molecule has 1 amide bonds. The summed E-state index contributed by atoms with van der Waals surface area (Å²) < 4.78 is 17.6. The molecule has 4 rings (SSSR count). The molecule has 136 valence electrons. The lowest BCUT2D eigenvalue weighted by Gasteiger charge is -2.39. The highest BCUT2D eigenvalue weighted by Gasteiger charge is 2.45. The molecule has 1 aliphatic carbocycles. The van der Waals surface area contributed by atoms with Crippen LogP contribution in [0.3, 0.4) is 0 Å². The topological polar surface area (TPSA) is 60.9 Å². The van der Waals surface area contributed by atoms with Crippen LogP contribution in [0.5, 0.6) is 0 Å². The van der Waals surface area contributed by atoms with Crippen molar-refractivity contribution in [3.8, 4) is 0 Å². The third kappa shape index (κ3) is 3.71. The summed E-state index contributed by atoms with van der Waals surface area (Å²) in [5.74, 6) is 0.664. The molecule has 3 fully saturated rings. The highest BCUT2D eigenvalue weighted by Crippen LogP contribution is 2.33. The second-order valence-corrected chi connectivity index (χ2v) is 7.14. The van der Waals surface area contributed by atoms with E-state index in [1.54, 1.807) is 24.5 Å². The Bertz CT molecular complexity index is 576. The molecule has 0 bridgehead atoms. The third-order valence-electron chi connectivity index (χ3n) is 5.61. The molecule has 0 unspecified atom stereocenters. The predicted molar refractivity (Wildman–Crippen MR) is 91.3 cm³/mol. The Morgan fingerprint density at radius 2 is 1.96 bits per heavy atom. The van der Waals surface area contributed by atoms with E-state index < -0.39 is 0 Å². The standard InChI is InChI=1S/C19H26N2O4/c22-19(15-3-7-20-8-4-15)21-9-12-24-18-16(21)1-2-17(18)25-13-14-5-10-23-11-6-14/h3-4,7-8,14,16-18H,1-2,5-6,9-13H2/t16-,17+,18+/m0/s1. The fraction of sp³-hybridized carbons (Fsp3) is 0.684. The first-order valence-corrected chi connectivity index (χ1v) is 9.35. The van der Waals surface area contributed by atoms with Crippen LogP contribution in [0.1, 0.15) is 36.0 Å². The van der Waals surface area contributed by atoms with Crippen molar-refractivity contribution in [2.45, 2.75) is 43.9 Å². The second-order valence-electron chi connectivity index (χ2n) is 7.14. The Hall–Kier alpha value is -1.50. The van der Waals surface area contributed by atoms with Crippen LogP contribution in [-0.2, 0) is 14.2 Å². The minimum Gasteiger partial charge on any atom is -0.381 e. The number of nitrogens with zero attached hydrogens (tertiary/aromatic N) is 2. The molecular formula is C19H26N2O4. The van der Waals surface area contributed by atoms with Crippen molar-refractivity contribution in [2.75, 3.05) is 33.0 Å². The molecule has 2 saturated heterocycles. The Balaban J connectivity index is 1.37. The third-order valence-corrected chi connectivity index (χ3v) is 5.61. The van der Waals surface area contributed by atoms with Gasteiger partial charge in [0.15, 0.2) is 0 Å². The molecule has 6 heteroatoms. The summed E-state index contributed by atoms with van der Waals surface area (Å²) in [7, 11) is 0. The van der Waals surface area contributed by atoms with Crippen LogP contribution in [0.25, 0.3) is 0 Å². The summed E-state index contributed by atoms with van der Waals surface area (Å²) in [6, 6.07) is 3.68. The highest BCUT2D eigenvalue weighted by atomic mass is 16.5. The molecule has 1 aromatic rings. The van der Waals surface area contributed by atoms with E-state index in [-0.39, 0.29) is 24.2 Å². The Morgan fingerprint density at radius 3 is 2.76 bits per heavy atom. The first-order chi connectivity index (χ1) is 12.3. The zero-order valence-corrected chi connectivity index (χ0v) is 14.5. The molecule has 25 heavy (non-hydrogen) atoms. The minimum absolute atomic E-state index is 0.000576. The monoisotopic (exact) mass is 346 g/mol. The van der Waals surface area contributed by atoms with Crippen LogP contribution in [0.15, 0.2) is 24.5 Å². The largest absolute Gasteiger partial charge is 0.381 e. The van der Waals surface area contributed by atoms with Gasteiger partial charge in [-0.25, -0.2) is 0 Å². The van der Waals surface area contributed by atoms with Gasteiger partial charge < -0.3 is 19.1 Å². The number of carbonyl (C=O) groups excluding carboxylic acids is 1. The summed E-state index contributed by atoms with van der Waals surface area (Å²) in [5.41, 5.74) is 0.697. The first kappa shape index (κ1) is 16.9. The van der Waals surface area contributed by atoms with Crippen LogP contribution in [0.2, 0.25) is 0 Å². The van der Waals surface area contributed by atoms with Gasteiger partial charge in [0.05, 0.1) is 25.4 Å². The Kier molecular flexibility index (Phi) is 5.29. The Labute approximate surface area is 148 Å². The number of rotatable bonds is 4. The smallest absolute Gasteiger partial charge is 0.254 e. The van der Waals surface area contributed by atoms with Gasteiger partial charge >= 0.3 is 0 Å². The summed E-state index contributed by atoms with van der Waals surface area (Å²) >= 11 is 0. The first-order valence-electron chi connectivity index (χ1n) is 9.35. The maximum absolute atomic E-state index is 12.8. The molecular weight excluding hydrogens is 320 g/mol. The van der Waals surface area contributed by atoms with E-state index in [1.807, 2.05) is 4.90 Å². The number of pyridine rings is 1. The van der Waals surface area contributed by atoms with Crippen molar-refractivity contribution in [2.24, 2.45) is 5.92 Å². The van der Waals surface area contributed by atoms with Crippen LogP contribution in [0.4, 0.5) is 0 Å². The molecule has 3 aliphatic rings. The number of carbonyl (C=O) groups is 1. The van der Waals surface area contributed by atoms with Gasteiger partial charge in [-0.1, -0.05) is 0 Å². The fourth-order valence-electron chi connectivity index (χ4n) is 4.18. The van der Waals surface area contributed by atoms with Crippen molar-refractivity contribution >= 4 is 5.91 Å². The lowest BCUT2D eigenvalue weighted by atomic mass is 10.0. The molecule has 6 nitrogen and oxygen atoms in total. The maximum Gasteiger partial charge on any atom is 0.254 e. The highest BCUT2D eigenvalue weighted by molar-refractivity contribution is 5.94. The van der Waals surface area contributed by atoms with Gasteiger partial charge in [0.2, 0.25) is 0 Å². The summed E-state index contributed by atoms with van der Waals surface area (Å²) in [6.45, 7) is 3.69. The minimum atomic E-state index is -0.000576. The van der Waals surface area contributed by atoms with E-state index in [4.69, 9.17) is 14.2 Å². The molecule has 1 saturated carbocycles. The Morgan fingerprint density at radius 1 is 1.16 bits per heavy atom. The summed E-state index contributed by atoms with van der Waals surface area (Å²) in [6.07, 6.45) is 7.49. The molecule has 0 aromatic carbocycles. The zero-order chi connectivity index (χ0) is 17.1. The van der Waals surface area contributed by atoms with Gasteiger partial charge in [0.1, 0.15) is 6.10 Å². The second kappa shape index (κ2) is 7.81. The van der Waals surface area contributed by atoms with E-state index >= 15 is 0 Å². The SMILES string of the molecule is O=C(c1ccncc1)N1CCO[C@H]2[C@H](OCC3CCOCC3)CC[C@@H]21. The average molecular weight is 346 g/mol. The molecule has 0 N–H and O–H groups in total. The maximum atomic E-state index is 12.8. The van der Waals surface area contributed by atoms with Crippen LogP contribution < -0.4 is 0 Å². The lowest BCUT2D eigenvalue weighted by Crippen LogP contribution is -2.54. The van der Waals surface area contributed by atoms with Crippen molar-refractivity contribution in [3.63, 3.8) is 0 Å². The van der Waals surface area contributed by atoms with Gasteiger partial charge in [0, 0.05) is 37.7 Å². The zero-order valence-electron chi connectivity index (χ0n) is 14.5. The molecule has 3 atom stereocenters. The van der Waals surface area contributed by atoms with Gasteiger partial charge in [0.25, 0.3) is 5.91 Å². The number of ether oxygens (including phenoxy) is 3. The number of hydrogen-bond acceptors (Lipinski definition) is 5. The van der Waals surface area contributed by atoms with Crippen LogP contribution in [0, 0.1) is 5.92 Å². The number of amides is 1. The van der Waals surface area contributed by atoms with Gasteiger partial charge in [-0.2, -0.15) is 0 Å². The summed E-state index contributed by atoms with van der Waals surface area (Å²) in [5, 5.41) is 0. The van der Waals surface area contributed by atoms with Crippen molar-refractivity contribution in [1.82, 2.24) is 9.88 Å². The van der Waals surface area contributed by atoms with E-state index in [9.17, 15) is 4.79 Å². The number of fused-ring (bicyclic) bond motifs is 1. The van der Waals surface area contributed by atoms with E-state index in [0.717, 1.165) is 45.5 Å². The lowest BCUT2D eigenvalue weighted by molar-refractivity contribution is -0.113. The normalized spacial score (nSPS) is 30.2. The van der Waals surface area contributed by atoms with Crippen LogP contribution >= 0.6 is 0 Å². The van der Waals surface area contributed by atoms with E-state index in [1.165, 1.54) is 0 Å². The number of aromatic nitrogens is 1. The molecule has 0 spiro atoms. The van der Waals surface area contributed by atoms with Crippen molar-refractivity contribution in [1.29, 1.82) is 0 Å². The molecule has 1 aromatic heterocycles. The van der Waals surface area contributed by atoms with E-state index in [0.29, 0.717) is 24.6 Å². The number of hydrogen-bond donors (Lipinski definition) is 0. The van der Waals surface area contributed by atoms with Crippen LogP contribution in [-0.4, -0.2) is 67.0 Å². The number of morpholine rings is 1. The van der Waals surface area contributed by atoms with Crippen molar-refractivity contribution < 1.29 is 19.0 Å². The summed E-state index contributed by atoms with van der Waals surface area (Å²) in [4.78, 5) is 18.8. The molecule has 0 radical (unpaired) electrons. The fourth-order valence-corrected chi connectivity index (χ4v) is 4.18. The van der Waals surface area contributed by atoms with Gasteiger partial charge in [-0.15, -0.1) is 0 Å². The van der Waals surface area contributed by atoms with E-state index in [2.05, 4.69) is 4.98 Å². The molecule has 2 aliphatic heterocycles. The van der Waals surface area contributed by atoms with Crippen molar-refractivity contribution in [3.05, 3.63) is 30.1 Å².